The number of aromatic nitrogens is 2. The summed E-state index contributed by atoms with van der Waals surface area (Å²) in [5.74, 6) is 0.342. The van der Waals surface area contributed by atoms with E-state index in [-0.39, 0.29) is 18.1 Å². The number of halogens is 1. The van der Waals surface area contributed by atoms with Gasteiger partial charge in [0.1, 0.15) is 11.6 Å². The van der Waals surface area contributed by atoms with Crippen LogP contribution in [-0.2, 0) is 17.8 Å². The average molecular weight is 417 g/mol. The van der Waals surface area contributed by atoms with E-state index in [1.54, 1.807) is 24.2 Å². The number of amides is 1. The highest BCUT2D eigenvalue weighted by Gasteiger charge is 2.15. The van der Waals surface area contributed by atoms with Gasteiger partial charge in [-0.15, -0.1) is 0 Å². The number of para-hydroxylation sites is 1. The van der Waals surface area contributed by atoms with Gasteiger partial charge in [-0.3, -0.25) is 9.89 Å². The van der Waals surface area contributed by atoms with Crippen molar-refractivity contribution in [2.75, 3.05) is 13.7 Å². The first-order valence-corrected chi connectivity index (χ1v) is 10.2. The molecule has 1 N–H and O–H groups in total. The van der Waals surface area contributed by atoms with Crippen molar-refractivity contribution < 1.29 is 13.9 Å². The average Bonchev–Trinajstić information content (AvgIpc) is 3.24. The van der Waals surface area contributed by atoms with Gasteiger partial charge >= 0.3 is 0 Å². The van der Waals surface area contributed by atoms with Crippen molar-refractivity contribution in [1.29, 1.82) is 0 Å². The Bertz CT molecular complexity index is 1220. The number of benzene rings is 3. The Morgan fingerprint density at radius 3 is 2.77 bits per heavy atom. The van der Waals surface area contributed by atoms with Crippen LogP contribution in [0.4, 0.5) is 4.39 Å². The van der Waals surface area contributed by atoms with Crippen molar-refractivity contribution in [2.24, 2.45) is 0 Å². The Morgan fingerprint density at radius 2 is 1.97 bits per heavy atom. The zero-order valence-corrected chi connectivity index (χ0v) is 17.6. The molecule has 0 aliphatic heterocycles. The van der Waals surface area contributed by atoms with Crippen LogP contribution >= 0.6 is 0 Å². The lowest BCUT2D eigenvalue weighted by atomic mass is 10.0. The lowest BCUT2D eigenvalue weighted by molar-refractivity contribution is -0.129. The van der Waals surface area contributed by atoms with Gasteiger partial charge in [-0.05, 0) is 41.8 Å². The molecule has 6 heteroatoms. The number of likely N-dealkylation sites (N-methyl/N-ethyl adjacent to an activating group) is 1. The van der Waals surface area contributed by atoms with Crippen molar-refractivity contribution in [3.05, 3.63) is 83.8 Å². The number of fused-ring (bicyclic) bond motifs is 1. The molecule has 1 heterocycles. The van der Waals surface area contributed by atoms with Gasteiger partial charge in [0.15, 0.2) is 0 Å². The van der Waals surface area contributed by atoms with Gasteiger partial charge in [0.05, 0.1) is 24.7 Å². The maximum Gasteiger partial charge on any atom is 0.227 e. The second kappa shape index (κ2) is 9.00. The van der Waals surface area contributed by atoms with Crippen LogP contribution in [0.15, 0.2) is 66.9 Å². The van der Waals surface area contributed by atoms with Gasteiger partial charge in [-0.2, -0.15) is 5.10 Å². The number of rotatable bonds is 7. The number of carbonyl (C=O) groups excluding carboxylic acids is 1. The summed E-state index contributed by atoms with van der Waals surface area (Å²) in [7, 11) is 1.79. The third kappa shape index (κ3) is 4.58. The number of hydrogen-bond acceptors (Lipinski definition) is 3. The van der Waals surface area contributed by atoms with Crippen LogP contribution in [0.2, 0.25) is 0 Å². The van der Waals surface area contributed by atoms with E-state index in [9.17, 15) is 9.18 Å². The van der Waals surface area contributed by atoms with E-state index >= 15 is 0 Å². The zero-order valence-electron chi connectivity index (χ0n) is 17.6. The number of nitrogens with zero attached hydrogens (tertiary/aromatic N) is 2. The molecule has 0 saturated carbocycles. The highest BCUT2D eigenvalue weighted by Crippen LogP contribution is 2.32. The van der Waals surface area contributed by atoms with Crippen LogP contribution < -0.4 is 4.74 Å². The van der Waals surface area contributed by atoms with Crippen molar-refractivity contribution in [1.82, 2.24) is 15.1 Å². The largest absolute Gasteiger partial charge is 0.493 e. The molecule has 0 radical (unpaired) electrons. The molecule has 5 nitrogen and oxygen atoms in total. The monoisotopic (exact) mass is 417 g/mol. The highest BCUT2D eigenvalue weighted by molar-refractivity contribution is 5.83. The Morgan fingerprint density at radius 1 is 1.13 bits per heavy atom. The molecule has 0 bridgehead atoms. The molecular weight excluding hydrogens is 393 g/mol. The van der Waals surface area contributed by atoms with E-state index in [1.807, 2.05) is 49.4 Å². The van der Waals surface area contributed by atoms with Crippen LogP contribution in [0.1, 0.15) is 18.1 Å². The fourth-order valence-corrected chi connectivity index (χ4v) is 3.66. The van der Waals surface area contributed by atoms with E-state index in [1.165, 1.54) is 12.1 Å². The number of hydrogen-bond donors (Lipinski definition) is 1. The SMILES string of the molecule is CCOc1cc(CC(=O)N(C)Cc2cccc3cn[nH]c23)ccc1-c1cccc(F)c1. The maximum absolute atomic E-state index is 13.7. The fraction of sp³-hybridized carbons (Fsp3) is 0.200. The minimum atomic E-state index is -0.298. The predicted octanol–water partition coefficient (Wildman–Crippen LogP) is 4.97. The Hall–Kier alpha value is -3.67. The first kappa shape index (κ1) is 20.6. The van der Waals surface area contributed by atoms with Crippen LogP contribution in [-0.4, -0.2) is 34.7 Å². The summed E-state index contributed by atoms with van der Waals surface area (Å²) in [6.45, 7) is 2.86. The summed E-state index contributed by atoms with van der Waals surface area (Å²) < 4.78 is 19.5. The molecule has 4 aromatic rings. The predicted molar refractivity (Wildman–Crippen MR) is 119 cm³/mol. The molecule has 0 aliphatic carbocycles. The summed E-state index contributed by atoms with van der Waals surface area (Å²) in [5.41, 5.74) is 4.35. The van der Waals surface area contributed by atoms with Crippen LogP contribution in [0.5, 0.6) is 5.75 Å². The fourth-order valence-electron chi connectivity index (χ4n) is 3.66. The molecule has 1 amide bonds. The van der Waals surface area contributed by atoms with Crippen molar-refractivity contribution in [3.8, 4) is 16.9 Å². The highest BCUT2D eigenvalue weighted by atomic mass is 19.1. The molecule has 0 saturated heterocycles. The Labute approximate surface area is 180 Å². The van der Waals surface area contributed by atoms with E-state index in [0.29, 0.717) is 18.9 Å². The normalized spacial score (nSPS) is 10.9. The minimum absolute atomic E-state index is 0.00234. The van der Waals surface area contributed by atoms with Crippen LogP contribution in [0, 0.1) is 5.82 Å². The summed E-state index contributed by atoms with van der Waals surface area (Å²) in [5, 5.41) is 8.10. The van der Waals surface area contributed by atoms with Crippen LogP contribution in [0.3, 0.4) is 0 Å². The molecule has 4 rings (SSSR count). The minimum Gasteiger partial charge on any atom is -0.493 e. The number of aromatic amines is 1. The molecular formula is C25H24FN3O2. The molecule has 0 fully saturated rings. The van der Waals surface area contributed by atoms with Crippen LogP contribution in [0.25, 0.3) is 22.0 Å². The zero-order chi connectivity index (χ0) is 21.8. The molecule has 158 valence electrons. The summed E-state index contributed by atoms with van der Waals surface area (Å²) >= 11 is 0. The number of H-pyrrole nitrogens is 1. The standard InChI is InChI=1S/C25H24FN3O2/c1-3-31-23-12-17(10-11-22(23)18-6-5-9-21(26)14-18)13-24(30)29(2)16-20-8-4-7-19-15-27-28-25(19)20/h4-12,14-15H,3,13,16H2,1-2H3,(H,27,28). The smallest absolute Gasteiger partial charge is 0.227 e. The lowest BCUT2D eigenvalue weighted by Crippen LogP contribution is -2.27. The maximum atomic E-state index is 13.7. The number of nitrogens with one attached hydrogen (secondary N) is 1. The molecule has 0 unspecified atom stereocenters. The van der Waals surface area contributed by atoms with E-state index in [0.717, 1.165) is 33.2 Å². The lowest BCUT2D eigenvalue weighted by Gasteiger charge is -2.18. The second-order valence-corrected chi connectivity index (χ2v) is 7.45. The van der Waals surface area contributed by atoms with Crippen molar-refractivity contribution in [2.45, 2.75) is 19.9 Å². The molecule has 0 atom stereocenters. The van der Waals surface area contributed by atoms with Gasteiger partial charge in [0.2, 0.25) is 5.91 Å². The Kier molecular flexibility index (Phi) is 5.98. The van der Waals surface area contributed by atoms with E-state index in [4.69, 9.17) is 4.74 Å². The molecule has 3 aromatic carbocycles. The first-order chi connectivity index (χ1) is 15.0. The number of carbonyl (C=O) groups is 1. The third-order valence-electron chi connectivity index (χ3n) is 5.23. The number of ether oxygens (including phenoxy) is 1. The Balaban J connectivity index is 1.52. The summed E-state index contributed by atoms with van der Waals surface area (Å²) in [6, 6.07) is 18.0. The van der Waals surface area contributed by atoms with E-state index < -0.39 is 0 Å². The summed E-state index contributed by atoms with van der Waals surface area (Å²) in [6.07, 6.45) is 2.02. The van der Waals surface area contributed by atoms with Gasteiger partial charge in [0.25, 0.3) is 0 Å². The second-order valence-electron chi connectivity index (χ2n) is 7.45. The van der Waals surface area contributed by atoms with Crippen molar-refractivity contribution in [3.63, 3.8) is 0 Å². The van der Waals surface area contributed by atoms with Crippen molar-refractivity contribution >= 4 is 16.8 Å². The van der Waals surface area contributed by atoms with E-state index in [2.05, 4.69) is 10.2 Å². The third-order valence-corrected chi connectivity index (χ3v) is 5.23. The quantitative estimate of drug-likeness (QED) is 0.462. The van der Waals surface area contributed by atoms with Gasteiger partial charge in [-0.1, -0.05) is 42.5 Å². The molecule has 31 heavy (non-hydrogen) atoms. The first-order valence-electron chi connectivity index (χ1n) is 10.2. The molecule has 0 aliphatic rings. The van der Waals surface area contributed by atoms with Gasteiger partial charge in [-0.25, -0.2) is 4.39 Å². The topological polar surface area (TPSA) is 58.2 Å². The molecule has 0 spiro atoms. The van der Waals surface area contributed by atoms with Gasteiger partial charge in [0, 0.05) is 24.5 Å². The summed E-state index contributed by atoms with van der Waals surface area (Å²) in [4.78, 5) is 14.6. The molecule has 1 aromatic heterocycles. The van der Waals surface area contributed by atoms with Gasteiger partial charge < -0.3 is 9.64 Å².